The third-order valence-electron chi connectivity index (χ3n) is 0.570. The molecule has 0 aromatic rings. The topological polar surface area (TPSA) is 38.4 Å². The lowest BCUT2D eigenvalue weighted by molar-refractivity contribution is 1.45. The molecule has 2 heteroatoms. The Kier molecular flexibility index (Phi) is 3.34. The van der Waals surface area contributed by atoms with Crippen molar-refractivity contribution in [3.05, 3.63) is 11.8 Å². The Hall–Kier alpha value is -1.23. The quantitative estimate of drug-likeness (QED) is 0.377. The lowest BCUT2D eigenvalue weighted by atomic mass is 10.4. The van der Waals surface area contributed by atoms with Crippen molar-refractivity contribution in [2.75, 3.05) is 7.05 Å². The molecule has 0 aliphatic rings. The number of nitrogens with two attached hydrogens (primary N) is 1. The molecule has 0 unspecified atom stereocenters. The van der Waals surface area contributed by atoms with Crippen LogP contribution in [0.1, 0.15) is 0 Å². The number of hydrogen-bond donors (Lipinski definition) is 1. The molecular weight excluding hydrogens is 100 g/mol. The van der Waals surface area contributed by atoms with Crippen molar-refractivity contribution in [3.63, 3.8) is 0 Å². The monoisotopic (exact) mass is 108 g/mol. The van der Waals surface area contributed by atoms with E-state index in [0.29, 0.717) is 5.70 Å². The van der Waals surface area contributed by atoms with Crippen molar-refractivity contribution in [1.29, 1.82) is 0 Å². The Morgan fingerprint density at radius 1 is 1.88 bits per heavy atom. The van der Waals surface area contributed by atoms with Crippen LogP contribution in [-0.4, -0.2) is 13.3 Å². The third kappa shape index (κ3) is 2.98. The predicted octanol–water partition coefficient (Wildman–Crippen LogP) is 0.163. The number of allylic oxidation sites excluding steroid dienone is 2. The van der Waals surface area contributed by atoms with Gasteiger partial charge in [-0.25, -0.2) is 0 Å². The molecule has 0 aromatic heterocycles. The van der Waals surface area contributed by atoms with Gasteiger partial charge < -0.3 is 5.73 Å². The van der Waals surface area contributed by atoms with Crippen LogP contribution in [0.25, 0.3) is 0 Å². The van der Waals surface area contributed by atoms with Gasteiger partial charge in [0.15, 0.2) is 0 Å². The van der Waals surface area contributed by atoms with E-state index in [0.717, 1.165) is 0 Å². The summed E-state index contributed by atoms with van der Waals surface area (Å²) in [6.45, 7) is 0. The van der Waals surface area contributed by atoms with Crippen molar-refractivity contribution in [2.45, 2.75) is 0 Å². The lowest BCUT2D eigenvalue weighted by Gasteiger charge is -1.79. The van der Waals surface area contributed by atoms with Gasteiger partial charge in [0, 0.05) is 13.3 Å². The van der Waals surface area contributed by atoms with Crippen molar-refractivity contribution in [2.24, 2.45) is 10.7 Å². The summed E-state index contributed by atoms with van der Waals surface area (Å²) >= 11 is 0. The first-order chi connectivity index (χ1) is 3.81. The largest absolute Gasteiger partial charge is 0.392 e. The molecule has 0 fully saturated rings. The van der Waals surface area contributed by atoms with Gasteiger partial charge in [-0.05, 0) is 6.08 Å². The van der Waals surface area contributed by atoms with Crippen molar-refractivity contribution in [3.8, 4) is 12.3 Å². The van der Waals surface area contributed by atoms with Crippen LogP contribution < -0.4 is 5.73 Å². The molecule has 0 aliphatic carbocycles. The third-order valence-corrected chi connectivity index (χ3v) is 0.570. The fourth-order valence-electron chi connectivity index (χ4n) is 0.203. The summed E-state index contributed by atoms with van der Waals surface area (Å²) in [5.74, 6) is 2.25. The molecule has 8 heavy (non-hydrogen) atoms. The molecule has 2 N–H and O–H groups in total. The van der Waals surface area contributed by atoms with Crippen LogP contribution in [0.5, 0.6) is 0 Å². The van der Waals surface area contributed by atoms with E-state index in [1.165, 1.54) is 0 Å². The highest BCUT2D eigenvalue weighted by atomic mass is 14.6. The van der Waals surface area contributed by atoms with Gasteiger partial charge in [0.05, 0.1) is 5.70 Å². The first-order valence-electron chi connectivity index (χ1n) is 2.15. The summed E-state index contributed by atoms with van der Waals surface area (Å²) in [6, 6.07) is 0. The first kappa shape index (κ1) is 6.77. The SMILES string of the molecule is C#CC(N)=CC=NC. The molecule has 0 bridgehead atoms. The van der Waals surface area contributed by atoms with Crippen LogP contribution in [0.2, 0.25) is 0 Å². The van der Waals surface area contributed by atoms with E-state index in [9.17, 15) is 0 Å². The number of aliphatic imine (C=N–C) groups is 1. The molecule has 2 nitrogen and oxygen atoms in total. The second-order valence-corrected chi connectivity index (χ2v) is 1.17. The molecule has 0 spiro atoms. The first-order valence-corrected chi connectivity index (χ1v) is 2.15. The van der Waals surface area contributed by atoms with Gasteiger partial charge in [0.2, 0.25) is 0 Å². The van der Waals surface area contributed by atoms with Gasteiger partial charge in [-0.3, -0.25) is 4.99 Å². The highest BCUT2D eigenvalue weighted by Crippen LogP contribution is 1.73. The van der Waals surface area contributed by atoms with Crippen LogP contribution in [0.4, 0.5) is 0 Å². The Balaban J connectivity index is 3.81. The lowest BCUT2D eigenvalue weighted by Crippen LogP contribution is -1.92. The summed E-state index contributed by atoms with van der Waals surface area (Å²) in [4.78, 5) is 3.65. The van der Waals surface area contributed by atoms with E-state index >= 15 is 0 Å². The average Bonchev–Trinajstić information content (AvgIpc) is 1.83. The van der Waals surface area contributed by atoms with Crippen LogP contribution >= 0.6 is 0 Å². The van der Waals surface area contributed by atoms with E-state index < -0.39 is 0 Å². The van der Waals surface area contributed by atoms with Gasteiger partial charge in [0.1, 0.15) is 0 Å². The van der Waals surface area contributed by atoms with Gasteiger partial charge >= 0.3 is 0 Å². The molecule has 0 heterocycles. The van der Waals surface area contributed by atoms with Crippen LogP contribution in [0.3, 0.4) is 0 Å². The molecule has 0 saturated heterocycles. The zero-order valence-corrected chi connectivity index (χ0v) is 4.76. The summed E-state index contributed by atoms with van der Waals surface area (Å²) < 4.78 is 0. The van der Waals surface area contributed by atoms with Gasteiger partial charge in [0.25, 0.3) is 0 Å². The molecule has 0 rings (SSSR count). The number of terminal acetylenes is 1. The molecule has 0 aliphatic heterocycles. The zero-order chi connectivity index (χ0) is 6.41. The normalized spacial score (nSPS) is 11.8. The summed E-state index contributed by atoms with van der Waals surface area (Å²) in [7, 11) is 1.65. The Bertz CT molecular complexity index is 148. The minimum absolute atomic E-state index is 0.399. The smallest absolute Gasteiger partial charge is 0.0839 e. The van der Waals surface area contributed by atoms with Crippen molar-refractivity contribution < 1.29 is 0 Å². The molecule has 0 saturated carbocycles. The Morgan fingerprint density at radius 2 is 2.50 bits per heavy atom. The fraction of sp³-hybridized carbons (Fsp3) is 0.167. The Morgan fingerprint density at radius 3 is 2.88 bits per heavy atom. The van der Waals surface area contributed by atoms with E-state index in [1.54, 1.807) is 19.3 Å². The molecule has 0 amide bonds. The number of hydrogen-bond acceptors (Lipinski definition) is 2. The van der Waals surface area contributed by atoms with Crippen LogP contribution in [-0.2, 0) is 0 Å². The fourth-order valence-corrected chi connectivity index (χ4v) is 0.203. The van der Waals surface area contributed by atoms with Gasteiger partial charge in [-0.15, -0.1) is 6.42 Å². The molecular formula is C6H8N2. The van der Waals surface area contributed by atoms with Crippen molar-refractivity contribution >= 4 is 6.21 Å². The molecule has 42 valence electrons. The van der Waals surface area contributed by atoms with Crippen LogP contribution in [0.15, 0.2) is 16.8 Å². The number of nitrogens with zero attached hydrogens (tertiary/aromatic N) is 1. The van der Waals surface area contributed by atoms with E-state index in [1.807, 2.05) is 0 Å². The maximum atomic E-state index is 5.19. The van der Waals surface area contributed by atoms with Crippen molar-refractivity contribution in [1.82, 2.24) is 0 Å². The second kappa shape index (κ2) is 3.94. The second-order valence-electron chi connectivity index (χ2n) is 1.17. The molecule has 0 aromatic carbocycles. The minimum atomic E-state index is 0.399. The summed E-state index contributed by atoms with van der Waals surface area (Å²) in [5.41, 5.74) is 5.59. The van der Waals surface area contributed by atoms with Crippen LogP contribution in [0, 0.1) is 12.3 Å². The number of rotatable bonds is 1. The maximum absolute atomic E-state index is 5.19. The highest BCUT2D eigenvalue weighted by molar-refractivity contribution is 5.72. The summed E-state index contributed by atoms with van der Waals surface area (Å²) in [5, 5.41) is 0. The van der Waals surface area contributed by atoms with E-state index in [2.05, 4.69) is 10.9 Å². The zero-order valence-electron chi connectivity index (χ0n) is 4.76. The van der Waals surface area contributed by atoms with Gasteiger partial charge in [-0.2, -0.15) is 0 Å². The average molecular weight is 108 g/mol. The summed E-state index contributed by atoms with van der Waals surface area (Å²) in [6.07, 6.45) is 8.03. The maximum Gasteiger partial charge on any atom is 0.0839 e. The molecule has 0 atom stereocenters. The van der Waals surface area contributed by atoms with E-state index in [-0.39, 0.29) is 0 Å². The predicted molar refractivity (Wildman–Crippen MR) is 35.5 cm³/mol. The van der Waals surface area contributed by atoms with E-state index in [4.69, 9.17) is 12.2 Å². The van der Waals surface area contributed by atoms with Gasteiger partial charge in [-0.1, -0.05) is 5.92 Å². The minimum Gasteiger partial charge on any atom is -0.392 e. The molecule has 0 radical (unpaired) electrons. The highest BCUT2D eigenvalue weighted by Gasteiger charge is 1.71. The standard InChI is InChI=1S/C6H8N2/c1-3-6(7)4-5-8-2/h1,4-5H,7H2,2H3. The Labute approximate surface area is 49.1 Å².